The van der Waals surface area contributed by atoms with Crippen LogP contribution in [0.1, 0.15) is 22.9 Å². The molecular weight excluding hydrogens is 390 g/mol. The van der Waals surface area contributed by atoms with Crippen LogP contribution in [0.5, 0.6) is 0 Å². The molecule has 7 heteroatoms. The van der Waals surface area contributed by atoms with Crippen LogP contribution in [0.2, 0.25) is 0 Å². The minimum Gasteiger partial charge on any atom is -0.351 e. The van der Waals surface area contributed by atoms with Gasteiger partial charge in [0, 0.05) is 18.0 Å². The maximum absolute atomic E-state index is 13.0. The zero-order valence-corrected chi connectivity index (χ0v) is 17.8. The number of thiophene rings is 1. The highest BCUT2D eigenvalue weighted by Crippen LogP contribution is 2.29. The number of thioether (sulfide) groups is 1. The predicted molar refractivity (Wildman–Crippen MR) is 117 cm³/mol. The molecule has 0 aliphatic carbocycles. The minimum absolute atomic E-state index is 0.0776. The van der Waals surface area contributed by atoms with E-state index in [1.165, 1.54) is 23.1 Å². The van der Waals surface area contributed by atoms with E-state index < -0.39 is 0 Å². The summed E-state index contributed by atoms with van der Waals surface area (Å²) in [5.74, 6) is -0.0908. The molecule has 1 atom stereocenters. The van der Waals surface area contributed by atoms with Crippen LogP contribution in [-0.2, 0) is 17.9 Å². The summed E-state index contributed by atoms with van der Waals surface area (Å²) in [6.07, 6.45) is 1.67. The molecule has 0 aliphatic rings. The second kappa shape index (κ2) is 8.75. The topological polar surface area (TPSA) is 64.0 Å². The first-order valence-corrected chi connectivity index (χ1v) is 10.7. The van der Waals surface area contributed by atoms with Gasteiger partial charge in [-0.1, -0.05) is 48.2 Å². The molecule has 0 bridgehead atoms. The van der Waals surface area contributed by atoms with E-state index in [9.17, 15) is 9.59 Å². The normalized spacial score (nSPS) is 12.1. The smallest absolute Gasteiger partial charge is 0.263 e. The van der Waals surface area contributed by atoms with Gasteiger partial charge >= 0.3 is 0 Å². The summed E-state index contributed by atoms with van der Waals surface area (Å²) in [5, 5.41) is 3.76. The summed E-state index contributed by atoms with van der Waals surface area (Å²) in [6, 6.07) is 9.77. The van der Waals surface area contributed by atoms with Gasteiger partial charge < -0.3 is 5.32 Å². The van der Waals surface area contributed by atoms with E-state index in [2.05, 4.69) is 11.9 Å². The van der Waals surface area contributed by atoms with Crippen LogP contribution in [0.25, 0.3) is 10.2 Å². The molecular formula is C21H23N3O2S2. The number of hydrogen-bond acceptors (Lipinski definition) is 5. The summed E-state index contributed by atoms with van der Waals surface area (Å²) < 4.78 is 1.60. The van der Waals surface area contributed by atoms with Gasteiger partial charge in [-0.15, -0.1) is 17.9 Å². The van der Waals surface area contributed by atoms with Crippen molar-refractivity contribution in [2.75, 3.05) is 0 Å². The van der Waals surface area contributed by atoms with E-state index in [0.29, 0.717) is 23.6 Å². The van der Waals surface area contributed by atoms with Gasteiger partial charge in [-0.25, -0.2) is 4.98 Å². The molecule has 0 saturated carbocycles. The van der Waals surface area contributed by atoms with Crippen molar-refractivity contribution in [1.29, 1.82) is 0 Å². The fourth-order valence-electron chi connectivity index (χ4n) is 2.83. The van der Waals surface area contributed by atoms with Crippen molar-refractivity contribution in [2.45, 2.75) is 44.3 Å². The van der Waals surface area contributed by atoms with Gasteiger partial charge in [0.25, 0.3) is 5.56 Å². The number of aromatic nitrogens is 2. The van der Waals surface area contributed by atoms with Crippen LogP contribution in [0.15, 0.2) is 52.9 Å². The molecule has 1 amide bonds. The Morgan fingerprint density at radius 1 is 1.36 bits per heavy atom. The Morgan fingerprint density at radius 2 is 2.07 bits per heavy atom. The molecule has 2 aromatic heterocycles. The average molecular weight is 414 g/mol. The highest BCUT2D eigenvalue weighted by atomic mass is 32.2. The second-order valence-corrected chi connectivity index (χ2v) is 9.04. The van der Waals surface area contributed by atoms with Crippen LogP contribution in [0.4, 0.5) is 0 Å². The van der Waals surface area contributed by atoms with E-state index in [-0.39, 0.29) is 16.7 Å². The molecule has 0 spiro atoms. The van der Waals surface area contributed by atoms with Crippen LogP contribution in [0.3, 0.4) is 0 Å². The van der Waals surface area contributed by atoms with Crippen LogP contribution < -0.4 is 10.9 Å². The van der Waals surface area contributed by atoms with Crippen molar-refractivity contribution in [3.63, 3.8) is 0 Å². The molecule has 3 aromatic rings. The monoisotopic (exact) mass is 413 g/mol. The van der Waals surface area contributed by atoms with Crippen LogP contribution in [-0.4, -0.2) is 20.7 Å². The van der Waals surface area contributed by atoms with Crippen molar-refractivity contribution >= 4 is 39.2 Å². The molecule has 2 heterocycles. The number of allylic oxidation sites excluding steroid dienone is 1. The number of carbonyl (C=O) groups is 1. The lowest BCUT2D eigenvalue weighted by atomic mass is 10.2. The molecule has 0 fully saturated rings. The van der Waals surface area contributed by atoms with Crippen molar-refractivity contribution in [3.8, 4) is 0 Å². The van der Waals surface area contributed by atoms with E-state index in [0.717, 1.165) is 20.8 Å². The average Bonchev–Trinajstić information content (AvgIpc) is 2.97. The number of fused-ring (bicyclic) bond motifs is 1. The molecule has 1 unspecified atom stereocenters. The van der Waals surface area contributed by atoms with Gasteiger partial charge in [-0.2, -0.15) is 0 Å². The first-order valence-electron chi connectivity index (χ1n) is 9.02. The first kappa shape index (κ1) is 20.4. The largest absolute Gasteiger partial charge is 0.351 e. The molecule has 1 N–H and O–H groups in total. The third kappa shape index (κ3) is 4.20. The van der Waals surface area contributed by atoms with Gasteiger partial charge in [-0.05, 0) is 31.9 Å². The van der Waals surface area contributed by atoms with Gasteiger partial charge in [0.15, 0.2) is 5.16 Å². The molecule has 0 radical (unpaired) electrons. The number of carbonyl (C=O) groups excluding carboxylic acids is 1. The van der Waals surface area contributed by atoms with E-state index >= 15 is 0 Å². The third-order valence-electron chi connectivity index (χ3n) is 4.53. The quantitative estimate of drug-likeness (QED) is 0.360. The van der Waals surface area contributed by atoms with Crippen molar-refractivity contribution in [1.82, 2.24) is 14.9 Å². The number of nitrogens with zero attached hydrogens (tertiary/aromatic N) is 2. The second-order valence-electron chi connectivity index (χ2n) is 6.53. The fraction of sp³-hybridized carbons (Fsp3) is 0.286. The number of benzene rings is 1. The van der Waals surface area contributed by atoms with Crippen LogP contribution in [0, 0.1) is 13.8 Å². The molecule has 1 aromatic carbocycles. The zero-order valence-electron chi connectivity index (χ0n) is 16.2. The number of rotatable bonds is 7. The molecule has 3 rings (SSSR count). The molecule has 0 aliphatic heterocycles. The number of hydrogen-bond donors (Lipinski definition) is 1. The Hall–Kier alpha value is -2.38. The van der Waals surface area contributed by atoms with Gasteiger partial charge in [-0.3, -0.25) is 14.2 Å². The summed E-state index contributed by atoms with van der Waals surface area (Å²) in [6.45, 7) is 10.3. The van der Waals surface area contributed by atoms with Crippen LogP contribution >= 0.6 is 23.1 Å². The molecule has 0 saturated heterocycles. The van der Waals surface area contributed by atoms with Gasteiger partial charge in [0.1, 0.15) is 4.83 Å². The van der Waals surface area contributed by atoms with Gasteiger partial charge in [0.2, 0.25) is 5.91 Å². The zero-order chi connectivity index (χ0) is 20.3. The highest BCUT2D eigenvalue weighted by molar-refractivity contribution is 8.00. The lowest BCUT2D eigenvalue weighted by molar-refractivity contribution is -0.120. The Morgan fingerprint density at radius 3 is 2.75 bits per heavy atom. The summed E-state index contributed by atoms with van der Waals surface area (Å²) >= 11 is 2.81. The van der Waals surface area contributed by atoms with E-state index in [1.807, 2.05) is 51.1 Å². The maximum atomic E-state index is 13.0. The van der Waals surface area contributed by atoms with Crippen molar-refractivity contribution < 1.29 is 4.79 Å². The third-order valence-corrected chi connectivity index (χ3v) is 6.72. The summed E-state index contributed by atoms with van der Waals surface area (Å²) in [7, 11) is 0. The lowest BCUT2D eigenvalue weighted by Crippen LogP contribution is -2.31. The predicted octanol–water partition coefficient (Wildman–Crippen LogP) is 4.06. The number of nitrogens with one attached hydrogen (secondary N) is 1. The summed E-state index contributed by atoms with van der Waals surface area (Å²) in [5.41, 5.74) is 1.94. The van der Waals surface area contributed by atoms with E-state index in [4.69, 9.17) is 4.98 Å². The highest BCUT2D eigenvalue weighted by Gasteiger charge is 2.21. The number of amides is 1. The first-order chi connectivity index (χ1) is 13.4. The van der Waals surface area contributed by atoms with E-state index in [1.54, 1.807) is 10.6 Å². The Labute approximate surface area is 172 Å². The van der Waals surface area contributed by atoms with Crippen molar-refractivity contribution in [3.05, 3.63) is 69.3 Å². The Balaban J connectivity index is 1.84. The van der Waals surface area contributed by atoms with Gasteiger partial charge in [0.05, 0.1) is 10.6 Å². The maximum Gasteiger partial charge on any atom is 0.263 e. The Bertz CT molecular complexity index is 1070. The minimum atomic E-state index is -0.383. The number of aryl methyl sites for hydroxylation is 2. The summed E-state index contributed by atoms with van der Waals surface area (Å²) in [4.78, 5) is 32.0. The molecule has 146 valence electrons. The molecule has 5 nitrogen and oxygen atoms in total. The van der Waals surface area contributed by atoms with Crippen molar-refractivity contribution in [2.24, 2.45) is 0 Å². The fourth-order valence-corrected chi connectivity index (χ4v) is 4.84. The Kier molecular flexibility index (Phi) is 6.36. The lowest BCUT2D eigenvalue weighted by Gasteiger charge is -2.15. The standard InChI is InChI=1S/C21H23N3O2S2/c1-5-11-24-20(26)17-13(2)14(3)27-19(17)23-21(24)28-15(4)18(25)22-12-16-9-7-6-8-10-16/h5-10,15H,1,11-12H2,2-4H3,(H,22,25). The SMILES string of the molecule is C=CCn1c(SC(C)C(=O)NCc2ccccc2)nc2sc(C)c(C)c2c1=O. The molecule has 28 heavy (non-hydrogen) atoms.